The molecule has 2 heterocycles. The van der Waals surface area contributed by atoms with Gasteiger partial charge in [-0.1, -0.05) is 25.5 Å². The molecule has 2 unspecified atom stereocenters. The van der Waals surface area contributed by atoms with Crippen molar-refractivity contribution in [3.8, 4) is 0 Å². The smallest absolute Gasteiger partial charge is 0.243 e. The summed E-state index contributed by atoms with van der Waals surface area (Å²) in [5.74, 6) is 1.14. The summed E-state index contributed by atoms with van der Waals surface area (Å²) in [7, 11) is -3.33. The summed E-state index contributed by atoms with van der Waals surface area (Å²) < 4.78 is 27.2. The quantitative estimate of drug-likeness (QED) is 0.924. The minimum atomic E-state index is -3.33. The van der Waals surface area contributed by atoms with Gasteiger partial charge in [0.05, 0.1) is 4.90 Å². The zero-order valence-corrected chi connectivity index (χ0v) is 13.4. The van der Waals surface area contributed by atoms with Crippen LogP contribution >= 0.6 is 0 Å². The number of rotatable bonds is 4. The van der Waals surface area contributed by atoms with E-state index in [-0.39, 0.29) is 0 Å². The first-order valence-electron chi connectivity index (χ1n) is 7.91. The zero-order valence-electron chi connectivity index (χ0n) is 12.6. The standard InChI is InChI=1S/C16H24N2O2S/c1-2-3-13-4-6-16(7-5-13)21(19,20)18-9-8-14-10-17-11-15(14)12-18/h4-7,14-15,17H,2-3,8-12H2,1H3. The van der Waals surface area contributed by atoms with E-state index in [1.807, 2.05) is 12.1 Å². The topological polar surface area (TPSA) is 49.4 Å². The molecule has 2 aliphatic heterocycles. The molecule has 0 aromatic heterocycles. The normalized spacial score (nSPS) is 26.7. The SMILES string of the molecule is CCCc1ccc(S(=O)(=O)N2CCC3CNCC3C2)cc1. The maximum atomic E-state index is 12.8. The van der Waals surface area contributed by atoms with E-state index >= 15 is 0 Å². The highest BCUT2D eigenvalue weighted by Gasteiger charge is 2.37. The van der Waals surface area contributed by atoms with Crippen molar-refractivity contribution in [2.45, 2.75) is 31.1 Å². The fourth-order valence-corrected chi connectivity index (χ4v) is 5.00. The second-order valence-corrected chi connectivity index (χ2v) is 8.16. The van der Waals surface area contributed by atoms with Crippen LogP contribution in [-0.4, -0.2) is 38.9 Å². The van der Waals surface area contributed by atoms with Gasteiger partial charge in [-0.05, 0) is 55.5 Å². The molecule has 2 saturated heterocycles. The molecular formula is C16H24N2O2S. The highest BCUT2D eigenvalue weighted by molar-refractivity contribution is 7.89. The zero-order chi connectivity index (χ0) is 14.9. The second-order valence-electron chi connectivity index (χ2n) is 6.22. The fourth-order valence-electron chi connectivity index (χ4n) is 3.49. The average molecular weight is 308 g/mol. The van der Waals surface area contributed by atoms with Crippen LogP contribution in [0.5, 0.6) is 0 Å². The van der Waals surface area contributed by atoms with Crippen LogP contribution in [0.2, 0.25) is 0 Å². The van der Waals surface area contributed by atoms with E-state index in [4.69, 9.17) is 0 Å². The number of nitrogens with zero attached hydrogens (tertiary/aromatic N) is 1. The number of fused-ring (bicyclic) bond motifs is 1. The molecule has 0 bridgehead atoms. The number of hydrogen-bond acceptors (Lipinski definition) is 3. The van der Waals surface area contributed by atoms with E-state index in [0.29, 0.717) is 29.8 Å². The molecule has 4 nitrogen and oxygen atoms in total. The van der Waals surface area contributed by atoms with Crippen LogP contribution in [0.3, 0.4) is 0 Å². The third-order valence-electron chi connectivity index (χ3n) is 4.77. The Morgan fingerprint density at radius 1 is 1.19 bits per heavy atom. The lowest BCUT2D eigenvalue weighted by atomic mass is 9.90. The van der Waals surface area contributed by atoms with Crippen LogP contribution in [0.15, 0.2) is 29.2 Å². The van der Waals surface area contributed by atoms with Crippen molar-refractivity contribution in [3.05, 3.63) is 29.8 Å². The summed E-state index contributed by atoms with van der Waals surface area (Å²) in [6, 6.07) is 7.42. The van der Waals surface area contributed by atoms with Crippen LogP contribution in [0, 0.1) is 11.8 Å². The largest absolute Gasteiger partial charge is 0.316 e. The first-order valence-corrected chi connectivity index (χ1v) is 9.35. The van der Waals surface area contributed by atoms with E-state index in [9.17, 15) is 8.42 Å². The predicted octanol–water partition coefficient (Wildman–Crippen LogP) is 1.87. The van der Waals surface area contributed by atoms with Crippen molar-refractivity contribution in [1.29, 1.82) is 0 Å². The van der Waals surface area contributed by atoms with Crippen molar-refractivity contribution in [2.24, 2.45) is 11.8 Å². The Kier molecular flexibility index (Phi) is 4.33. The first-order chi connectivity index (χ1) is 10.1. The van der Waals surface area contributed by atoms with Crippen molar-refractivity contribution in [2.75, 3.05) is 26.2 Å². The van der Waals surface area contributed by atoms with Gasteiger partial charge in [-0.15, -0.1) is 0 Å². The van der Waals surface area contributed by atoms with Gasteiger partial charge in [-0.3, -0.25) is 0 Å². The minimum Gasteiger partial charge on any atom is -0.316 e. The third kappa shape index (κ3) is 3.00. The van der Waals surface area contributed by atoms with Gasteiger partial charge in [0.15, 0.2) is 0 Å². The van der Waals surface area contributed by atoms with Crippen molar-refractivity contribution in [3.63, 3.8) is 0 Å². The number of sulfonamides is 1. The van der Waals surface area contributed by atoms with Gasteiger partial charge < -0.3 is 5.32 Å². The molecule has 0 amide bonds. The Bertz CT molecular complexity index is 583. The Balaban J connectivity index is 1.76. The van der Waals surface area contributed by atoms with Crippen LogP contribution in [0.25, 0.3) is 0 Å². The molecule has 1 aromatic carbocycles. The van der Waals surface area contributed by atoms with Crippen molar-refractivity contribution >= 4 is 10.0 Å². The van der Waals surface area contributed by atoms with E-state index in [2.05, 4.69) is 12.2 Å². The third-order valence-corrected chi connectivity index (χ3v) is 6.65. The van der Waals surface area contributed by atoms with Crippen LogP contribution in [-0.2, 0) is 16.4 Å². The van der Waals surface area contributed by atoms with Gasteiger partial charge in [-0.25, -0.2) is 8.42 Å². The molecule has 2 aliphatic rings. The summed E-state index contributed by atoms with van der Waals surface area (Å²) in [6.45, 7) is 5.44. The van der Waals surface area contributed by atoms with E-state index < -0.39 is 10.0 Å². The lowest BCUT2D eigenvalue weighted by Crippen LogP contribution is -2.43. The molecule has 0 aliphatic carbocycles. The Morgan fingerprint density at radius 3 is 2.62 bits per heavy atom. The summed E-state index contributed by atoms with van der Waals surface area (Å²) >= 11 is 0. The Morgan fingerprint density at radius 2 is 1.90 bits per heavy atom. The molecule has 2 fully saturated rings. The lowest BCUT2D eigenvalue weighted by molar-refractivity contribution is 0.228. The molecule has 1 N–H and O–H groups in total. The molecule has 2 atom stereocenters. The van der Waals surface area contributed by atoms with Crippen LogP contribution < -0.4 is 5.32 Å². The van der Waals surface area contributed by atoms with E-state index in [1.54, 1.807) is 16.4 Å². The van der Waals surface area contributed by atoms with Gasteiger partial charge in [-0.2, -0.15) is 4.31 Å². The molecule has 1 aromatic rings. The van der Waals surface area contributed by atoms with E-state index in [0.717, 1.165) is 32.4 Å². The molecule has 0 saturated carbocycles. The molecule has 0 spiro atoms. The summed E-state index contributed by atoms with van der Waals surface area (Å²) in [5.41, 5.74) is 1.20. The summed E-state index contributed by atoms with van der Waals surface area (Å²) in [6.07, 6.45) is 3.05. The molecule has 116 valence electrons. The summed E-state index contributed by atoms with van der Waals surface area (Å²) in [5, 5.41) is 3.38. The maximum Gasteiger partial charge on any atom is 0.243 e. The molecule has 5 heteroatoms. The van der Waals surface area contributed by atoms with E-state index in [1.165, 1.54) is 5.56 Å². The second kappa shape index (κ2) is 6.07. The van der Waals surface area contributed by atoms with Crippen molar-refractivity contribution < 1.29 is 8.42 Å². The number of aryl methyl sites for hydroxylation is 1. The Hall–Kier alpha value is -0.910. The summed E-state index contributed by atoms with van der Waals surface area (Å²) in [4.78, 5) is 0.437. The number of nitrogens with one attached hydrogen (secondary N) is 1. The monoisotopic (exact) mass is 308 g/mol. The average Bonchev–Trinajstić information content (AvgIpc) is 2.95. The van der Waals surface area contributed by atoms with Gasteiger partial charge in [0.25, 0.3) is 0 Å². The number of hydrogen-bond donors (Lipinski definition) is 1. The predicted molar refractivity (Wildman–Crippen MR) is 83.7 cm³/mol. The minimum absolute atomic E-state index is 0.437. The van der Waals surface area contributed by atoms with Gasteiger partial charge in [0, 0.05) is 13.1 Å². The first kappa shape index (κ1) is 15.0. The van der Waals surface area contributed by atoms with Gasteiger partial charge in [0.2, 0.25) is 10.0 Å². The molecule has 0 radical (unpaired) electrons. The maximum absolute atomic E-state index is 12.8. The molecular weight excluding hydrogens is 284 g/mol. The fraction of sp³-hybridized carbons (Fsp3) is 0.625. The Labute approximate surface area is 127 Å². The molecule has 21 heavy (non-hydrogen) atoms. The number of piperidine rings is 1. The van der Waals surface area contributed by atoms with Crippen LogP contribution in [0.1, 0.15) is 25.3 Å². The highest BCUT2D eigenvalue weighted by Crippen LogP contribution is 2.30. The highest BCUT2D eigenvalue weighted by atomic mass is 32.2. The lowest BCUT2D eigenvalue weighted by Gasteiger charge is -2.33. The van der Waals surface area contributed by atoms with Gasteiger partial charge in [0.1, 0.15) is 0 Å². The number of benzene rings is 1. The van der Waals surface area contributed by atoms with Crippen molar-refractivity contribution in [1.82, 2.24) is 9.62 Å². The van der Waals surface area contributed by atoms with Crippen LogP contribution in [0.4, 0.5) is 0 Å². The molecule has 3 rings (SSSR count). The van der Waals surface area contributed by atoms with Gasteiger partial charge >= 0.3 is 0 Å².